The first-order valence-corrected chi connectivity index (χ1v) is 7.26. The number of rotatable bonds is 3. The largest absolute Gasteiger partial charge is 0.345 e. The zero-order chi connectivity index (χ0) is 13.2. The van der Waals surface area contributed by atoms with E-state index in [1.165, 1.54) is 0 Å². The number of nitrogens with zero attached hydrogens (tertiary/aromatic N) is 3. The highest BCUT2D eigenvalue weighted by molar-refractivity contribution is 14.1. The van der Waals surface area contributed by atoms with E-state index in [-0.39, 0.29) is 5.91 Å². The van der Waals surface area contributed by atoms with Crippen molar-refractivity contribution in [3.63, 3.8) is 0 Å². The summed E-state index contributed by atoms with van der Waals surface area (Å²) in [5.74, 6) is 1.79. The van der Waals surface area contributed by atoms with Crippen LogP contribution in [0.2, 0.25) is 0 Å². The third-order valence-corrected chi connectivity index (χ3v) is 3.85. The number of aromatic nitrogens is 3. The second kappa shape index (κ2) is 5.28. The molecule has 2 aromatic rings. The van der Waals surface area contributed by atoms with Crippen molar-refractivity contribution in [2.75, 3.05) is 0 Å². The third kappa shape index (κ3) is 2.63. The molecule has 2 heterocycles. The second-order valence-electron chi connectivity index (χ2n) is 4.48. The summed E-state index contributed by atoms with van der Waals surface area (Å²) in [6, 6.07) is 7.52. The van der Waals surface area contributed by atoms with E-state index in [0.29, 0.717) is 12.1 Å². The molecule has 0 spiro atoms. The van der Waals surface area contributed by atoms with Gasteiger partial charge in [-0.2, -0.15) is 0 Å². The molecule has 0 atom stereocenters. The van der Waals surface area contributed by atoms with Gasteiger partial charge in [-0.25, -0.2) is 0 Å². The highest BCUT2D eigenvalue weighted by atomic mass is 127. The summed E-state index contributed by atoms with van der Waals surface area (Å²) in [6.45, 7) is 1.38. The van der Waals surface area contributed by atoms with Crippen molar-refractivity contribution < 1.29 is 4.79 Å². The fraction of sp³-hybridized carbons (Fsp3) is 0.308. The lowest BCUT2D eigenvalue weighted by atomic mass is 10.2. The monoisotopic (exact) mass is 368 g/mol. The van der Waals surface area contributed by atoms with E-state index in [2.05, 4.69) is 42.7 Å². The quantitative estimate of drug-likeness (QED) is 0.840. The Balaban J connectivity index is 1.67. The van der Waals surface area contributed by atoms with Gasteiger partial charge < -0.3 is 9.88 Å². The number of carbonyl (C=O) groups is 1. The minimum Gasteiger partial charge on any atom is -0.345 e. The molecular weight excluding hydrogens is 355 g/mol. The Morgan fingerprint density at radius 1 is 1.42 bits per heavy atom. The maximum Gasteiger partial charge on any atom is 0.251 e. The Kier molecular flexibility index (Phi) is 3.50. The van der Waals surface area contributed by atoms with Crippen molar-refractivity contribution in [1.29, 1.82) is 0 Å². The molecule has 1 aliphatic rings. The van der Waals surface area contributed by atoms with Crippen LogP contribution in [0, 0.1) is 3.57 Å². The van der Waals surface area contributed by atoms with Crippen LogP contribution in [0.15, 0.2) is 24.3 Å². The number of fused-ring (bicyclic) bond motifs is 1. The lowest BCUT2D eigenvalue weighted by Crippen LogP contribution is -2.24. The van der Waals surface area contributed by atoms with E-state index < -0.39 is 0 Å². The first-order valence-electron chi connectivity index (χ1n) is 6.19. The summed E-state index contributed by atoms with van der Waals surface area (Å²) in [5, 5.41) is 11.1. The van der Waals surface area contributed by atoms with Crippen molar-refractivity contribution in [2.45, 2.75) is 25.9 Å². The highest BCUT2D eigenvalue weighted by Gasteiger charge is 2.17. The summed E-state index contributed by atoms with van der Waals surface area (Å²) in [6.07, 6.45) is 2.10. The van der Waals surface area contributed by atoms with Crippen LogP contribution < -0.4 is 5.32 Å². The van der Waals surface area contributed by atoms with Gasteiger partial charge in [0.2, 0.25) is 0 Å². The van der Waals surface area contributed by atoms with Gasteiger partial charge in [0, 0.05) is 22.1 Å². The predicted molar refractivity (Wildman–Crippen MR) is 78.7 cm³/mol. The normalized spacial score (nSPS) is 13.3. The van der Waals surface area contributed by atoms with E-state index >= 15 is 0 Å². The smallest absolute Gasteiger partial charge is 0.251 e. The molecule has 0 fully saturated rings. The highest BCUT2D eigenvalue weighted by Crippen LogP contribution is 2.14. The van der Waals surface area contributed by atoms with Crippen LogP contribution in [0.4, 0.5) is 0 Å². The average molecular weight is 368 g/mol. The summed E-state index contributed by atoms with van der Waals surface area (Å²) >= 11 is 2.20. The van der Waals surface area contributed by atoms with Gasteiger partial charge in [0.15, 0.2) is 5.82 Å². The van der Waals surface area contributed by atoms with Crippen LogP contribution in [-0.4, -0.2) is 20.7 Å². The Morgan fingerprint density at radius 2 is 2.32 bits per heavy atom. The van der Waals surface area contributed by atoms with Gasteiger partial charge in [-0.15, -0.1) is 10.2 Å². The second-order valence-corrected chi connectivity index (χ2v) is 5.73. The van der Waals surface area contributed by atoms with Gasteiger partial charge in [0.25, 0.3) is 5.91 Å². The first kappa shape index (κ1) is 12.6. The third-order valence-electron chi connectivity index (χ3n) is 3.18. The van der Waals surface area contributed by atoms with Gasteiger partial charge in [-0.05, 0) is 47.2 Å². The van der Waals surface area contributed by atoms with Crippen molar-refractivity contribution >= 4 is 28.5 Å². The number of amides is 1. The van der Waals surface area contributed by atoms with Crippen molar-refractivity contribution in [3.05, 3.63) is 45.0 Å². The van der Waals surface area contributed by atoms with Gasteiger partial charge in [-0.1, -0.05) is 6.07 Å². The van der Waals surface area contributed by atoms with Crippen molar-refractivity contribution in [3.8, 4) is 0 Å². The van der Waals surface area contributed by atoms with Crippen LogP contribution in [0.5, 0.6) is 0 Å². The lowest BCUT2D eigenvalue weighted by molar-refractivity contribution is 0.0949. The predicted octanol–water partition coefficient (Wildman–Crippen LogP) is 1.76. The first-order chi connectivity index (χ1) is 9.24. The molecule has 6 heteroatoms. The van der Waals surface area contributed by atoms with Gasteiger partial charge >= 0.3 is 0 Å². The van der Waals surface area contributed by atoms with E-state index in [1.54, 1.807) is 0 Å². The molecule has 0 radical (unpaired) electrons. The Bertz CT molecular complexity index is 623. The molecule has 1 amide bonds. The van der Waals surface area contributed by atoms with E-state index in [1.807, 2.05) is 24.3 Å². The Labute approximate surface area is 124 Å². The average Bonchev–Trinajstić information content (AvgIpc) is 2.99. The van der Waals surface area contributed by atoms with Gasteiger partial charge in [-0.3, -0.25) is 4.79 Å². The zero-order valence-corrected chi connectivity index (χ0v) is 12.4. The number of carbonyl (C=O) groups excluding carboxylic acids is 1. The van der Waals surface area contributed by atoms with Crippen LogP contribution in [-0.2, 0) is 19.5 Å². The van der Waals surface area contributed by atoms with Crippen LogP contribution in [0.1, 0.15) is 28.4 Å². The maximum absolute atomic E-state index is 12.0. The molecule has 98 valence electrons. The minimum atomic E-state index is -0.0751. The molecule has 0 aliphatic carbocycles. The van der Waals surface area contributed by atoms with Crippen molar-refractivity contribution in [2.24, 2.45) is 0 Å². The summed E-state index contributed by atoms with van der Waals surface area (Å²) in [7, 11) is 0. The topological polar surface area (TPSA) is 59.8 Å². The number of hydrogen-bond donors (Lipinski definition) is 1. The number of aryl methyl sites for hydroxylation is 1. The minimum absolute atomic E-state index is 0.0751. The lowest BCUT2D eigenvalue weighted by Gasteiger charge is -2.06. The number of nitrogens with one attached hydrogen (secondary N) is 1. The molecule has 1 N–H and O–H groups in total. The standard InChI is InChI=1S/C13H13IN4O/c14-10-4-1-3-9(7-10)13(19)15-8-12-17-16-11-5-2-6-18(11)12/h1,3-4,7H,2,5-6,8H2,(H,15,19). The Morgan fingerprint density at radius 3 is 3.16 bits per heavy atom. The molecule has 5 nitrogen and oxygen atoms in total. The van der Waals surface area contributed by atoms with E-state index in [0.717, 1.165) is 34.6 Å². The molecule has 0 saturated carbocycles. The molecule has 0 saturated heterocycles. The van der Waals surface area contributed by atoms with Gasteiger partial charge in [0.1, 0.15) is 5.82 Å². The molecule has 1 aliphatic heterocycles. The molecule has 3 rings (SSSR count). The Hall–Kier alpha value is -1.44. The number of halogens is 1. The molecule has 19 heavy (non-hydrogen) atoms. The maximum atomic E-state index is 12.0. The number of benzene rings is 1. The van der Waals surface area contributed by atoms with Crippen LogP contribution in [0.25, 0.3) is 0 Å². The molecular formula is C13H13IN4O. The van der Waals surface area contributed by atoms with E-state index in [9.17, 15) is 4.79 Å². The van der Waals surface area contributed by atoms with Gasteiger partial charge in [0.05, 0.1) is 6.54 Å². The van der Waals surface area contributed by atoms with Crippen LogP contribution >= 0.6 is 22.6 Å². The molecule has 0 bridgehead atoms. The summed E-state index contributed by atoms with van der Waals surface area (Å²) in [4.78, 5) is 12.0. The van der Waals surface area contributed by atoms with Crippen LogP contribution in [0.3, 0.4) is 0 Å². The summed E-state index contributed by atoms with van der Waals surface area (Å²) < 4.78 is 3.14. The van der Waals surface area contributed by atoms with E-state index in [4.69, 9.17) is 0 Å². The summed E-state index contributed by atoms with van der Waals surface area (Å²) in [5.41, 5.74) is 0.674. The molecule has 1 aromatic carbocycles. The number of hydrogen-bond acceptors (Lipinski definition) is 3. The fourth-order valence-corrected chi connectivity index (χ4v) is 2.78. The SMILES string of the molecule is O=C(NCc1nnc2n1CCC2)c1cccc(I)c1. The van der Waals surface area contributed by atoms with Crippen molar-refractivity contribution in [1.82, 2.24) is 20.1 Å². The molecule has 0 unspecified atom stereocenters. The fourth-order valence-electron chi connectivity index (χ4n) is 2.23. The zero-order valence-electron chi connectivity index (χ0n) is 10.3. The molecule has 1 aromatic heterocycles.